The molecule has 100 valence electrons. The lowest BCUT2D eigenvalue weighted by atomic mass is 10.2. The lowest BCUT2D eigenvalue weighted by Gasteiger charge is -2.13. The first-order chi connectivity index (χ1) is 8.72. The lowest BCUT2D eigenvalue weighted by molar-refractivity contribution is 0.272. The van der Waals surface area contributed by atoms with Gasteiger partial charge in [0.25, 0.3) is 0 Å². The molecule has 4 nitrogen and oxygen atoms in total. The first kappa shape index (κ1) is 14.8. The van der Waals surface area contributed by atoms with Gasteiger partial charge in [-0.2, -0.15) is 5.10 Å². The summed E-state index contributed by atoms with van der Waals surface area (Å²) in [6, 6.07) is 3.75. The van der Waals surface area contributed by atoms with Crippen molar-refractivity contribution in [3.8, 4) is 11.5 Å². The Bertz CT molecular complexity index is 408. The maximum atomic E-state index is 5.71. The molecule has 0 saturated carbocycles. The fourth-order valence-electron chi connectivity index (χ4n) is 1.44. The zero-order valence-corrected chi connectivity index (χ0v) is 12.4. The van der Waals surface area contributed by atoms with Crippen LogP contribution in [0.1, 0.15) is 32.3 Å². The third-order valence-electron chi connectivity index (χ3n) is 2.33. The highest BCUT2D eigenvalue weighted by molar-refractivity contribution is 9.10. The van der Waals surface area contributed by atoms with Crippen LogP contribution in [-0.4, -0.2) is 19.4 Å². The Balaban J connectivity index is 2.96. The Morgan fingerprint density at radius 1 is 1.28 bits per heavy atom. The number of hydrogen-bond donors (Lipinski definition) is 1. The first-order valence-electron chi connectivity index (χ1n) is 6.05. The average molecular weight is 315 g/mol. The maximum absolute atomic E-state index is 5.71. The van der Waals surface area contributed by atoms with Crippen LogP contribution in [0.5, 0.6) is 11.5 Å². The summed E-state index contributed by atoms with van der Waals surface area (Å²) in [4.78, 5) is 0. The van der Waals surface area contributed by atoms with E-state index in [4.69, 9.17) is 15.3 Å². The van der Waals surface area contributed by atoms with Crippen LogP contribution in [0.2, 0.25) is 0 Å². The topological polar surface area (TPSA) is 56.8 Å². The molecule has 0 radical (unpaired) electrons. The van der Waals surface area contributed by atoms with E-state index in [1.165, 1.54) is 0 Å². The molecule has 0 fully saturated rings. The van der Waals surface area contributed by atoms with Crippen molar-refractivity contribution in [2.75, 3.05) is 13.2 Å². The van der Waals surface area contributed by atoms with E-state index in [1.807, 2.05) is 19.1 Å². The van der Waals surface area contributed by atoms with E-state index in [9.17, 15) is 0 Å². The van der Waals surface area contributed by atoms with Gasteiger partial charge in [0, 0.05) is 10.0 Å². The quantitative estimate of drug-likeness (QED) is 0.363. The molecule has 0 aliphatic rings. The van der Waals surface area contributed by atoms with Crippen LogP contribution >= 0.6 is 15.9 Å². The highest BCUT2D eigenvalue weighted by Gasteiger charge is 2.09. The fourth-order valence-corrected chi connectivity index (χ4v) is 1.86. The number of unbranched alkanes of at least 4 members (excludes halogenated alkanes) is 1. The lowest BCUT2D eigenvalue weighted by Crippen LogP contribution is -2.02. The number of nitrogens with two attached hydrogens (primary N) is 1. The van der Waals surface area contributed by atoms with Gasteiger partial charge in [-0.25, -0.2) is 0 Å². The average Bonchev–Trinajstić information content (AvgIpc) is 2.35. The number of hydrogen-bond acceptors (Lipinski definition) is 4. The van der Waals surface area contributed by atoms with E-state index < -0.39 is 0 Å². The Morgan fingerprint density at radius 3 is 2.61 bits per heavy atom. The molecule has 1 rings (SSSR count). The Morgan fingerprint density at radius 2 is 2.00 bits per heavy atom. The Labute approximate surface area is 116 Å². The minimum atomic E-state index is 0.588. The van der Waals surface area contributed by atoms with Crippen LogP contribution in [0.4, 0.5) is 0 Å². The number of hydrazone groups is 1. The number of nitrogens with zero attached hydrogens (tertiary/aromatic N) is 1. The van der Waals surface area contributed by atoms with Crippen molar-refractivity contribution in [1.82, 2.24) is 0 Å². The summed E-state index contributed by atoms with van der Waals surface area (Å²) in [6.07, 6.45) is 3.70. The number of benzene rings is 1. The van der Waals surface area contributed by atoms with Crippen molar-refractivity contribution in [1.29, 1.82) is 0 Å². The van der Waals surface area contributed by atoms with Gasteiger partial charge in [-0.3, -0.25) is 0 Å². The van der Waals surface area contributed by atoms with Crippen molar-refractivity contribution in [2.24, 2.45) is 10.9 Å². The molecule has 0 amide bonds. The van der Waals surface area contributed by atoms with Gasteiger partial charge < -0.3 is 15.3 Å². The first-order valence-corrected chi connectivity index (χ1v) is 6.84. The van der Waals surface area contributed by atoms with Crippen LogP contribution in [0.3, 0.4) is 0 Å². The fraction of sp³-hybridized carbons (Fsp3) is 0.462. The Kier molecular flexibility index (Phi) is 6.57. The van der Waals surface area contributed by atoms with E-state index in [2.05, 4.69) is 28.0 Å². The molecule has 1 aromatic rings. The molecule has 18 heavy (non-hydrogen) atoms. The van der Waals surface area contributed by atoms with Gasteiger partial charge in [0.15, 0.2) is 11.5 Å². The van der Waals surface area contributed by atoms with E-state index in [-0.39, 0.29) is 0 Å². The third-order valence-corrected chi connectivity index (χ3v) is 3.02. The molecule has 0 heterocycles. The maximum Gasteiger partial charge on any atom is 0.162 e. The summed E-state index contributed by atoms with van der Waals surface area (Å²) in [5.41, 5.74) is 0.865. The van der Waals surface area contributed by atoms with E-state index in [0.717, 1.165) is 28.6 Å². The van der Waals surface area contributed by atoms with E-state index >= 15 is 0 Å². The third kappa shape index (κ3) is 4.22. The summed E-state index contributed by atoms with van der Waals surface area (Å²) >= 11 is 3.46. The molecule has 0 bridgehead atoms. The molecule has 5 heteroatoms. The minimum absolute atomic E-state index is 0.588. The SMILES string of the molecule is CCCCOc1cc(Br)c(C=NN)cc1OCC. The smallest absolute Gasteiger partial charge is 0.162 e. The van der Waals surface area contributed by atoms with Gasteiger partial charge in [-0.05, 0) is 41.4 Å². The zero-order valence-electron chi connectivity index (χ0n) is 10.8. The highest BCUT2D eigenvalue weighted by atomic mass is 79.9. The highest BCUT2D eigenvalue weighted by Crippen LogP contribution is 2.33. The second-order valence-electron chi connectivity index (χ2n) is 3.73. The van der Waals surface area contributed by atoms with E-state index in [1.54, 1.807) is 6.21 Å². The number of ether oxygens (including phenoxy) is 2. The monoisotopic (exact) mass is 314 g/mol. The van der Waals surface area contributed by atoms with Crippen molar-refractivity contribution < 1.29 is 9.47 Å². The zero-order chi connectivity index (χ0) is 13.4. The molecule has 0 aromatic heterocycles. The summed E-state index contributed by atoms with van der Waals surface area (Å²) in [5, 5.41) is 3.52. The van der Waals surface area contributed by atoms with Crippen LogP contribution in [0.15, 0.2) is 21.7 Å². The van der Waals surface area contributed by atoms with Crippen LogP contribution in [-0.2, 0) is 0 Å². The minimum Gasteiger partial charge on any atom is -0.490 e. The second kappa shape index (κ2) is 7.97. The predicted octanol–water partition coefficient (Wildman–Crippen LogP) is 3.32. The second-order valence-corrected chi connectivity index (χ2v) is 4.59. The van der Waals surface area contributed by atoms with Gasteiger partial charge in [0.2, 0.25) is 0 Å². The van der Waals surface area contributed by atoms with Crippen LogP contribution in [0, 0.1) is 0 Å². The summed E-state index contributed by atoms with van der Waals surface area (Å²) in [6.45, 7) is 5.34. The largest absolute Gasteiger partial charge is 0.490 e. The van der Waals surface area contributed by atoms with Gasteiger partial charge in [0.1, 0.15) is 0 Å². The summed E-state index contributed by atoms with van der Waals surface area (Å²) in [5.74, 6) is 6.62. The van der Waals surface area contributed by atoms with Crippen molar-refractivity contribution in [2.45, 2.75) is 26.7 Å². The predicted molar refractivity (Wildman–Crippen MR) is 77.5 cm³/mol. The standard InChI is InChI=1S/C13H19BrN2O2/c1-3-5-6-18-13-8-11(14)10(9-16-15)7-12(13)17-4-2/h7-9H,3-6,15H2,1-2H3. The van der Waals surface area contributed by atoms with Crippen molar-refractivity contribution in [3.63, 3.8) is 0 Å². The molecule has 0 aliphatic heterocycles. The molecule has 0 aliphatic carbocycles. The number of rotatable bonds is 7. The number of halogens is 1. The van der Waals surface area contributed by atoms with Crippen molar-refractivity contribution in [3.05, 3.63) is 22.2 Å². The summed E-state index contributed by atoms with van der Waals surface area (Å²) < 4.78 is 12.2. The van der Waals surface area contributed by atoms with Crippen molar-refractivity contribution >= 4 is 22.1 Å². The molecule has 0 saturated heterocycles. The molecule has 0 unspecified atom stereocenters. The molecule has 1 aromatic carbocycles. The normalized spacial score (nSPS) is 10.8. The molecule has 2 N–H and O–H groups in total. The molecule has 0 spiro atoms. The van der Waals surface area contributed by atoms with Gasteiger partial charge in [-0.15, -0.1) is 0 Å². The van der Waals surface area contributed by atoms with Gasteiger partial charge in [-0.1, -0.05) is 13.3 Å². The Hall–Kier alpha value is -1.23. The van der Waals surface area contributed by atoms with Gasteiger partial charge >= 0.3 is 0 Å². The summed E-state index contributed by atoms with van der Waals surface area (Å²) in [7, 11) is 0. The van der Waals surface area contributed by atoms with Gasteiger partial charge in [0.05, 0.1) is 19.4 Å². The molecule has 0 atom stereocenters. The molecular formula is C13H19BrN2O2. The van der Waals surface area contributed by atoms with E-state index in [0.29, 0.717) is 19.0 Å². The van der Waals surface area contributed by atoms with Crippen LogP contribution < -0.4 is 15.3 Å². The molecular weight excluding hydrogens is 296 g/mol. The van der Waals surface area contributed by atoms with Crippen LogP contribution in [0.25, 0.3) is 0 Å².